The predicted octanol–water partition coefficient (Wildman–Crippen LogP) is 3.94. The van der Waals surface area contributed by atoms with Crippen LogP contribution in [-0.2, 0) is 4.79 Å². The highest BCUT2D eigenvalue weighted by atomic mass is 35.5. The number of carbonyl (C=O) groups excluding carboxylic acids is 1. The average molecular weight is 362 g/mol. The standard InChI is InChI=1S/C17H13ClFN3O3/c1-10(16(23)21-12-4-7-15(19)14(18)8-12)25-13-5-2-11(3-6-13)17-22-20-9-24-17/h2-10H,1H3,(H,21,23)/t10-/m0/s1. The van der Waals surface area contributed by atoms with E-state index in [1.807, 2.05) is 0 Å². The summed E-state index contributed by atoms with van der Waals surface area (Å²) in [4.78, 5) is 12.2. The Balaban J connectivity index is 1.62. The summed E-state index contributed by atoms with van der Waals surface area (Å²) in [5.41, 5.74) is 1.13. The first-order chi connectivity index (χ1) is 12.0. The molecule has 0 saturated heterocycles. The van der Waals surface area contributed by atoms with Gasteiger partial charge in [-0.1, -0.05) is 11.6 Å². The van der Waals surface area contributed by atoms with E-state index in [1.54, 1.807) is 31.2 Å². The van der Waals surface area contributed by atoms with Crippen LogP contribution in [-0.4, -0.2) is 22.2 Å². The lowest BCUT2D eigenvalue weighted by atomic mass is 10.2. The second kappa shape index (κ2) is 7.31. The number of hydrogen-bond acceptors (Lipinski definition) is 5. The maximum absolute atomic E-state index is 13.1. The summed E-state index contributed by atoms with van der Waals surface area (Å²) in [5.74, 6) is -0.0393. The Labute approximate surface area is 147 Å². The third-order valence-electron chi connectivity index (χ3n) is 3.33. The maximum atomic E-state index is 13.1. The molecule has 0 aliphatic carbocycles. The zero-order valence-electron chi connectivity index (χ0n) is 13.1. The van der Waals surface area contributed by atoms with Gasteiger partial charge in [0.25, 0.3) is 5.91 Å². The van der Waals surface area contributed by atoms with Crippen molar-refractivity contribution in [3.8, 4) is 17.2 Å². The van der Waals surface area contributed by atoms with Crippen LogP contribution in [0.15, 0.2) is 53.3 Å². The van der Waals surface area contributed by atoms with Gasteiger partial charge < -0.3 is 14.5 Å². The Morgan fingerprint density at radius 1 is 1.28 bits per heavy atom. The SMILES string of the molecule is C[C@H](Oc1ccc(-c2nnco2)cc1)C(=O)Nc1ccc(F)c(Cl)c1. The third kappa shape index (κ3) is 4.13. The molecule has 8 heteroatoms. The van der Waals surface area contributed by atoms with Crippen molar-refractivity contribution in [3.05, 3.63) is 59.7 Å². The van der Waals surface area contributed by atoms with Crippen LogP contribution in [0.2, 0.25) is 5.02 Å². The quantitative estimate of drug-likeness (QED) is 0.744. The molecule has 1 amide bonds. The number of aromatic nitrogens is 2. The van der Waals surface area contributed by atoms with E-state index in [1.165, 1.54) is 24.6 Å². The molecule has 1 aromatic heterocycles. The van der Waals surface area contributed by atoms with Crippen molar-refractivity contribution in [1.29, 1.82) is 0 Å². The van der Waals surface area contributed by atoms with E-state index < -0.39 is 11.9 Å². The first-order valence-electron chi connectivity index (χ1n) is 7.32. The van der Waals surface area contributed by atoms with Crippen LogP contribution in [0.4, 0.5) is 10.1 Å². The molecule has 0 bridgehead atoms. The number of halogens is 2. The largest absolute Gasteiger partial charge is 0.481 e. The number of amides is 1. The van der Waals surface area contributed by atoms with Crippen molar-refractivity contribution in [3.63, 3.8) is 0 Å². The van der Waals surface area contributed by atoms with Crippen molar-refractivity contribution >= 4 is 23.2 Å². The Bertz CT molecular complexity index is 869. The van der Waals surface area contributed by atoms with Gasteiger partial charge in [-0.2, -0.15) is 0 Å². The van der Waals surface area contributed by atoms with Gasteiger partial charge in [-0.05, 0) is 49.4 Å². The van der Waals surface area contributed by atoms with E-state index in [0.29, 0.717) is 17.3 Å². The number of nitrogens with zero attached hydrogens (tertiary/aromatic N) is 2. The van der Waals surface area contributed by atoms with Crippen molar-refractivity contribution in [2.45, 2.75) is 13.0 Å². The molecule has 3 aromatic rings. The highest BCUT2D eigenvalue weighted by molar-refractivity contribution is 6.31. The molecular weight excluding hydrogens is 349 g/mol. The molecule has 0 aliphatic heterocycles. The first-order valence-corrected chi connectivity index (χ1v) is 7.70. The molecule has 0 saturated carbocycles. The fraction of sp³-hybridized carbons (Fsp3) is 0.118. The fourth-order valence-electron chi connectivity index (χ4n) is 2.05. The molecule has 0 fully saturated rings. The van der Waals surface area contributed by atoms with E-state index in [2.05, 4.69) is 15.5 Å². The number of rotatable bonds is 5. The zero-order valence-corrected chi connectivity index (χ0v) is 13.8. The predicted molar refractivity (Wildman–Crippen MR) is 89.9 cm³/mol. The molecule has 25 heavy (non-hydrogen) atoms. The average Bonchev–Trinajstić information content (AvgIpc) is 3.13. The zero-order chi connectivity index (χ0) is 17.8. The summed E-state index contributed by atoms with van der Waals surface area (Å²) in [6.45, 7) is 1.60. The fourth-order valence-corrected chi connectivity index (χ4v) is 2.23. The number of ether oxygens (including phenoxy) is 1. The molecule has 1 atom stereocenters. The second-order valence-corrected chi connectivity index (χ2v) is 5.55. The summed E-state index contributed by atoms with van der Waals surface area (Å²) in [7, 11) is 0. The summed E-state index contributed by atoms with van der Waals surface area (Å²) in [6.07, 6.45) is 0.478. The Morgan fingerprint density at radius 2 is 2.04 bits per heavy atom. The van der Waals surface area contributed by atoms with Gasteiger partial charge in [0.1, 0.15) is 11.6 Å². The Morgan fingerprint density at radius 3 is 2.68 bits per heavy atom. The van der Waals surface area contributed by atoms with Gasteiger partial charge >= 0.3 is 0 Å². The lowest BCUT2D eigenvalue weighted by Crippen LogP contribution is -2.30. The second-order valence-electron chi connectivity index (χ2n) is 5.15. The Kier molecular flexibility index (Phi) is 4.95. The van der Waals surface area contributed by atoms with Crippen LogP contribution in [0, 0.1) is 5.82 Å². The molecule has 128 valence electrons. The lowest BCUT2D eigenvalue weighted by Gasteiger charge is -2.15. The van der Waals surface area contributed by atoms with Crippen LogP contribution >= 0.6 is 11.6 Å². The van der Waals surface area contributed by atoms with Crippen molar-refractivity contribution < 1.29 is 18.3 Å². The highest BCUT2D eigenvalue weighted by Crippen LogP contribution is 2.22. The van der Waals surface area contributed by atoms with E-state index in [9.17, 15) is 9.18 Å². The van der Waals surface area contributed by atoms with Gasteiger partial charge in [-0.25, -0.2) is 4.39 Å². The van der Waals surface area contributed by atoms with E-state index in [-0.39, 0.29) is 10.9 Å². The molecule has 2 aromatic carbocycles. The molecule has 0 unspecified atom stereocenters. The number of anilines is 1. The van der Waals surface area contributed by atoms with Crippen LogP contribution in [0.25, 0.3) is 11.5 Å². The van der Waals surface area contributed by atoms with Crippen molar-refractivity contribution in [2.75, 3.05) is 5.32 Å². The van der Waals surface area contributed by atoms with E-state index in [0.717, 1.165) is 5.56 Å². The monoisotopic (exact) mass is 361 g/mol. The number of carbonyl (C=O) groups is 1. The normalized spacial score (nSPS) is 11.8. The smallest absolute Gasteiger partial charge is 0.265 e. The molecule has 0 spiro atoms. The molecule has 6 nitrogen and oxygen atoms in total. The van der Waals surface area contributed by atoms with E-state index >= 15 is 0 Å². The molecule has 0 radical (unpaired) electrons. The summed E-state index contributed by atoms with van der Waals surface area (Å²) in [6, 6.07) is 10.8. The van der Waals surface area contributed by atoms with Crippen LogP contribution in [0.1, 0.15) is 6.92 Å². The third-order valence-corrected chi connectivity index (χ3v) is 3.62. The van der Waals surface area contributed by atoms with Gasteiger partial charge in [0.2, 0.25) is 12.3 Å². The van der Waals surface area contributed by atoms with Gasteiger partial charge in [0.15, 0.2) is 6.10 Å². The maximum Gasteiger partial charge on any atom is 0.265 e. The summed E-state index contributed by atoms with van der Waals surface area (Å²) >= 11 is 5.69. The van der Waals surface area contributed by atoms with Gasteiger partial charge in [0, 0.05) is 11.3 Å². The van der Waals surface area contributed by atoms with Crippen molar-refractivity contribution in [2.24, 2.45) is 0 Å². The van der Waals surface area contributed by atoms with Crippen LogP contribution in [0.3, 0.4) is 0 Å². The molecule has 0 aliphatic rings. The van der Waals surface area contributed by atoms with Crippen molar-refractivity contribution in [1.82, 2.24) is 10.2 Å². The number of benzene rings is 2. The minimum absolute atomic E-state index is 0.0667. The first kappa shape index (κ1) is 16.9. The van der Waals surface area contributed by atoms with Crippen LogP contribution in [0.5, 0.6) is 5.75 Å². The summed E-state index contributed by atoms with van der Waals surface area (Å²) in [5, 5.41) is 9.97. The van der Waals surface area contributed by atoms with Gasteiger partial charge in [-0.3, -0.25) is 4.79 Å². The molecule has 1 heterocycles. The highest BCUT2D eigenvalue weighted by Gasteiger charge is 2.16. The molecule has 3 rings (SSSR count). The van der Waals surface area contributed by atoms with Gasteiger partial charge in [0.05, 0.1) is 5.02 Å². The minimum Gasteiger partial charge on any atom is -0.481 e. The van der Waals surface area contributed by atoms with Crippen LogP contribution < -0.4 is 10.1 Å². The van der Waals surface area contributed by atoms with Gasteiger partial charge in [-0.15, -0.1) is 10.2 Å². The molecule has 1 N–H and O–H groups in total. The minimum atomic E-state index is -0.766. The van der Waals surface area contributed by atoms with E-state index in [4.69, 9.17) is 20.8 Å². The number of hydrogen-bond donors (Lipinski definition) is 1. The summed E-state index contributed by atoms with van der Waals surface area (Å²) < 4.78 is 23.8. The number of nitrogens with one attached hydrogen (secondary N) is 1. The Hall–Kier alpha value is -2.93. The lowest BCUT2D eigenvalue weighted by molar-refractivity contribution is -0.122. The topological polar surface area (TPSA) is 77.2 Å². The molecular formula is C17H13ClFN3O3.